The average Bonchev–Trinajstić information content (AvgIpc) is 2.90. The Kier molecular flexibility index (Phi) is 4.03. The number of fused-ring (bicyclic) bond motifs is 2. The predicted molar refractivity (Wildman–Crippen MR) is 118 cm³/mol. The van der Waals surface area contributed by atoms with E-state index in [4.69, 9.17) is 0 Å². The van der Waals surface area contributed by atoms with Crippen molar-refractivity contribution >= 4 is 21.7 Å². The molecule has 5 nitrogen and oxygen atoms in total. The van der Waals surface area contributed by atoms with Gasteiger partial charge in [-0.3, -0.25) is 14.4 Å². The van der Waals surface area contributed by atoms with Crippen molar-refractivity contribution in [1.82, 2.24) is 14.3 Å². The first-order valence-corrected chi connectivity index (χ1v) is 10.1. The lowest BCUT2D eigenvalue weighted by molar-refractivity contribution is 0.0601. The Morgan fingerprint density at radius 3 is 2.52 bits per heavy atom. The van der Waals surface area contributed by atoms with E-state index in [1.807, 2.05) is 58.9 Å². The van der Waals surface area contributed by atoms with Gasteiger partial charge in [-0.25, -0.2) is 4.68 Å². The summed E-state index contributed by atoms with van der Waals surface area (Å²) < 4.78 is 3.89. The summed E-state index contributed by atoms with van der Waals surface area (Å²) in [6.07, 6.45) is 0. The van der Waals surface area contributed by atoms with Crippen LogP contribution in [-0.2, 0) is 7.05 Å². The SMILES string of the molecule is CC(C)N1CC(n2c(=O)c3cc(-c4cc(O)cc5ccccc45)ccc3n2C)C1. The fourth-order valence-electron chi connectivity index (χ4n) is 4.54. The maximum Gasteiger partial charge on any atom is 0.274 e. The zero-order valence-corrected chi connectivity index (χ0v) is 17.0. The number of aryl methyl sites for hydroxylation is 1. The summed E-state index contributed by atoms with van der Waals surface area (Å²) in [6, 6.07) is 18.3. The summed E-state index contributed by atoms with van der Waals surface area (Å²) in [5.41, 5.74) is 2.87. The molecule has 1 aliphatic rings. The Labute approximate surface area is 169 Å². The summed E-state index contributed by atoms with van der Waals surface area (Å²) >= 11 is 0. The zero-order chi connectivity index (χ0) is 20.3. The molecule has 0 saturated carbocycles. The van der Waals surface area contributed by atoms with E-state index in [1.165, 1.54) is 0 Å². The maximum atomic E-state index is 13.2. The average molecular weight is 387 g/mol. The minimum atomic E-state index is 0.0576. The maximum absolute atomic E-state index is 13.2. The van der Waals surface area contributed by atoms with E-state index in [9.17, 15) is 9.90 Å². The zero-order valence-electron chi connectivity index (χ0n) is 17.0. The summed E-state index contributed by atoms with van der Waals surface area (Å²) in [5, 5.41) is 13.0. The number of likely N-dealkylation sites (tertiary alicyclic amines) is 1. The fraction of sp³-hybridized carbons (Fsp3) is 0.292. The van der Waals surface area contributed by atoms with Crippen molar-refractivity contribution in [3.05, 3.63) is 65.0 Å². The van der Waals surface area contributed by atoms with Crippen molar-refractivity contribution in [1.29, 1.82) is 0 Å². The topological polar surface area (TPSA) is 50.4 Å². The summed E-state index contributed by atoms with van der Waals surface area (Å²) in [6.45, 7) is 6.19. The van der Waals surface area contributed by atoms with Crippen molar-refractivity contribution in [3.63, 3.8) is 0 Å². The second-order valence-corrected chi connectivity index (χ2v) is 8.32. The minimum Gasteiger partial charge on any atom is -0.508 e. The first-order chi connectivity index (χ1) is 13.9. The second kappa shape index (κ2) is 6.49. The lowest BCUT2D eigenvalue weighted by Gasteiger charge is -2.42. The van der Waals surface area contributed by atoms with Gasteiger partial charge in [0, 0.05) is 26.2 Å². The van der Waals surface area contributed by atoms with Gasteiger partial charge in [0.25, 0.3) is 5.56 Å². The van der Waals surface area contributed by atoms with Crippen molar-refractivity contribution in [3.8, 4) is 16.9 Å². The number of nitrogens with zero attached hydrogens (tertiary/aromatic N) is 3. The normalized spacial score (nSPS) is 15.4. The molecule has 29 heavy (non-hydrogen) atoms. The van der Waals surface area contributed by atoms with E-state index < -0.39 is 0 Å². The number of aromatic nitrogens is 2. The quantitative estimate of drug-likeness (QED) is 0.575. The molecule has 1 saturated heterocycles. The van der Waals surface area contributed by atoms with Crippen molar-refractivity contribution in [2.24, 2.45) is 7.05 Å². The van der Waals surface area contributed by atoms with Gasteiger partial charge in [-0.15, -0.1) is 0 Å². The largest absolute Gasteiger partial charge is 0.508 e. The van der Waals surface area contributed by atoms with Crippen LogP contribution >= 0.6 is 0 Å². The van der Waals surface area contributed by atoms with Gasteiger partial charge in [0.15, 0.2) is 0 Å². The third-order valence-electron chi connectivity index (χ3n) is 6.23. The molecule has 0 bridgehead atoms. The lowest BCUT2D eigenvalue weighted by atomic mass is 9.97. The van der Waals surface area contributed by atoms with Crippen molar-refractivity contribution < 1.29 is 5.11 Å². The number of rotatable bonds is 3. The third-order valence-corrected chi connectivity index (χ3v) is 6.23. The van der Waals surface area contributed by atoms with Gasteiger partial charge in [-0.2, -0.15) is 0 Å². The number of phenols is 1. The molecule has 2 heterocycles. The Bertz CT molecular complexity index is 1290. The molecule has 1 N–H and O–H groups in total. The van der Waals surface area contributed by atoms with Gasteiger partial charge in [-0.05, 0) is 60.0 Å². The molecule has 0 radical (unpaired) electrons. The monoisotopic (exact) mass is 387 g/mol. The van der Waals surface area contributed by atoms with E-state index in [2.05, 4.69) is 18.7 Å². The van der Waals surface area contributed by atoms with Crippen LogP contribution in [0.5, 0.6) is 5.75 Å². The van der Waals surface area contributed by atoms with Crippen LogP contribution in [0.3, 0.4) is 0 Å². The number of hydrogen-bond donors (Lipinski definition) is 1. The van der Waals surface area contributed by atoms with E-state index in [0.717, 1.165) is 45.9 Å². The standard InChI is InChI=1S/C24H25N3O2/c1-15(2)26-13-18(14-26)27-24(29)22-11-17(8-9-23(22)25(27)3)21-12-19(28)10-16-6-4-5-7-20(16)21/h4-12,15,18,28H,13-14H2,1-3H3. The number of aromatic hydroxyl groups is 1. The molecule has 0 atom stereocenters. The summed E-state index contributed by atoms with van der Waals surface area (Å²) in [7, 11) is 1.96. The summed E-state index contributed by atoms with van der Waals surface area (Å²) in [5.74, 6) is 0.229. The molecule has 3 aromatic carbocycles. The minimum absolute atomic E-state index is 0.0576. The van der Waals surface area contributed by atoms with Crippen LogP contribution in [0.15, 0.2) is 59.4 Å². The van der Waals surface area contributed by atoms with Crippen LogP contribution in [0, 0.1) is 0 Å². The van der Waals surface area contributed by atoms with Crippen LogP contribution in [-0.4, -0.2) is 38.5 Å². The molecule has 0 spiro atoms. The second-order valence-electron chi connectivity index (χ2n) is 8.32. The molecular formula is C24H25N3O2. The van der Waals surface area contributed by atoms with Crippen molar-refractivity contribution in [2.45, 2.75) is 25.9 Å². The third kappa shape index (κ3) is 2.76. The lowest BCUT2D eigenvalue weighted by Crippen LogP contribution is -2.53. The molecule has 5 rings (SSSR count). The highest BCUT2D eigenvalue weighted by Crippen LogP contribution is 2.34. The van der Waals surface area contributed by atoms with Gasteiger partial charge in [0.2, 0.25) is 0 Å². The molecule has 1 aromatic heterocycles. The Morgan fingerprint density at radius 2 is 1.76 bits per heavy atom. The highest BCUT2D eigenvalue weighted by atomic mass is 16.3. The van der Waals surface area contributed by atoms with Gasteiger partial charge < -0.3 is 5.11 Å². The molecule has 0 unspecified atom stereocenters. The Hall–Kier alpha value is -3.05. The van der Waals surface area contributed by atoms with Crippen LogP contribution in [0.2, 0.25) is 0 Å². The van der Waals surface area contributed by atoms with Crippen LogP contribution in [0.4, 0.5) is 0 Å². The summed E-state index contributed by atoms with van der Waals surface area (Å²) in [4.78, 5) is 15.6. The van der Waals surface area contributed by atoms with Gasteiger partial charge in [0.1, 0.15) is 5.75 Å². The smallest absolute Gasteiger partial charge is 0.274 e. The van der Waals surface area contributed by atoms with Crippen LogP contribution in [0.25, 0.3) is 32.8 Å². The Morgan fingerprint density at radius 1 is 1.00 bits per heavy atom. The van der Waals surface area contributed by atoms with Crippen LogP contribution in [0.1, 0.15) is 19.9 Å². The molecule has 1 aliphatic heterocycles. The Balaban J connectivity index is 1.64. The highest BCUT2D eigenvalue weighted by Gasteiger charge is 2.32. The molecule has 1 fully saturated rings. The first kappa shape index (κ1) is 18.0. The van der Waals surface area contributed by atoms with Gasteiger partial charge in [-0.1, -0.05) is 30.3 Å². The van der Waals surface area contributed by atoms with Gasteiger partial charge >= 0.3 is 0 Å². The first-order valence-electron chi connectivity index (χ1n) is 10.1. The number of hydrogen-bond acceptors (Lipinski definition) is 3. The van der Waals surface area contributed by atoms with E-state index >= 15 is 0 Å². The molecule has 0 amide bonds. The predicted octanol–water partition coefficient (Wildman–Crippen LogP) is 4.13. The molecule has 0 aliphatic carbocycles. The molecule has 148 valence electrons. The van der Waals surface area contributed by atoms with E-state index in [0.29, 0.717) is 6.04 Å². The van der Waals surface area contributed by atoms with E-state index in [1.54, 1.807) is 12.1 Å². The van der Waals surface area contributed by atoms with Crippen molar-refractivity contribution in [2.75, 3.05) is 13.1 Å². The van der Waals surface area contributed by atoms with Crippen LogP contribution < -0.4 is 5.56 Å². The molecular weight excluding hydrogens is 362 g/mol. The molecule has 4 aromatic rings. The van der Waals surface area contributed by atoms with E-state index in [-0.39, 0.29) is 17.4 Å². The van der Waals surface area contributed by atoms with Gasteiger partial charge in [0.05, 0.1) is 16.9 Å². The number of benzene rings is 3. The number of phenolic OH excluding ortho intramolecular Hbond substituents is 1. The molecule has 5 heteroatoms. The highest BCUT2D eigenvalue weighted by molar-refractivity contribution is 5.99. The fourth-order valence-corrected chi connectivity index (χ4v) is 4.54.